The average molecular weight is 238 g/mol. The van der Waals surface area contributed by atoms with E-state index >= 15 is 0 Å². The first-order valence-corrected chi connectivity index (χ1v) is 6.79. The molecule has 0 saturated carbocycles. The summed E-state index contributed by atoms with van der Waals surface area (Å²) in [6, 6.07) is 0.378. The molecule has 0 spiro atoms. The lowest BCUT2D eigenvalue weighted by atomic mass is 10.4. The Kier molecular flexibility index (Phi) is 7.08. The zero-order valence-corrected chi connectivity index (χ0v) is 10.5. The molecule has 15 heavy (non-hydrogen) atoms. The molecule has 0 radical (unpaired) electrons. The van der Waals surface area contributed by atoms with E-state index in [2.05, 4.69) is 5.32 Å². The molecule has 0 aliphatic carbocycles. The fourth-order valence-electron chi connectivity index (χ4n) is 1.08. The number of rotatable bonds is 8. The van der Waals surface area contributed by atoms with Crippen molar-refractivity contribution >= 4 is 10.0 Å². The minimum Gasteiger partial charge on any atom is -0.395 e. The van der Waals surface area contributed by atoms with Gasteiger partial charge in [-0.25, -0.2) is 12.7 Å². The highest BCUT2D eigenvalue weighted by atomic mass is 32.2. The molecule has 0 saturated heterocycles. The van der Waals surface area contributed by atoms with Crippen LogP contribution in [0.25, 0.3) is 0 Å². The minimum absolute atomic E-state index is 0.128. The van der Waals surface area contributed by atoms with E-state index in [0.717, 1.165) is 0 Å². The first-order chi connectivity index (χ1) is 6.90. The summed E-state index contributed by atoms with van der Waals surface area (Å²) in [5.74, 6) is 0.128. The van der Waals surface area contributed by atoms with E-state index in [0.29, 0.717) is 19.0 Å². The van der Waals surface area contributed by atoms with Gasteiger partial charge in [-0.15, -0.1) is 0 Å². The van der Waals surface area contributed by atoms with Crippen LogP contribution in [-0.4, -0.2) is 56.4 Å². The zero-order valence-electron chi connectivity index (χ0n) is 9.73. The van der Waals surface area contributed by atoms with E-state index in [1.165, 1.54) is 11.4 Å². The van der Waals surface area contributed by atoms with Crippen LogP contribution in [0.4, 0.5) is 0 Å². The van der Waals surface area contributed by atoms with E-state index in [9.17, 15) is 8.42 Å². The predicted octanol–water partition coefficient (Wildman–Crippen LogP) is -0.372. The Hall–Kier alpha value is -0.170. The summed E-state index contributed by atoms with van der Waals surface area (Å²) < 4.78 is 24.3. The van der Waals surface area contributed by atoms with Crippen molar-refractivity contribution < 1.29 is 13.5 Å². The number of likely N-dealkylation sites (N-methyl/N-ethyl adjacent to an activating group) is 1. The van der Waals surface area contributed by atoms with Gasteiger partial charge in [0, 0.05) is 19.6 Å². The third-order valence-electron chi connectivity index (χ3n) is 2.02. The number of nitrogens with zero attached hydrogens (tertiary/aromatic N) is 1. The van der Waals surface area contributed by atoms with Crippen molar-refractivity contribution in [3.63, 3.8) is 0 Å². The number of hydrogen-bond acceptors (Lipinski definition) is 4. The molecule has 0 aromatic heterocycles. The summed E-state index contributed by atoms with van der Waals surface area (Å²) in [6.07, 6.45) is 0.594. The lowest BCUT2D eigenvalue weighted by Gasteiger charge is -2.16. The Balaban J connectivity index is 3.84. The molecule has 92 valence electrons. The largest absolute Gasteiger partial charge is 0.395 e. The highest BCUT2D eigenvalue weighted by molar-refractivity contribution is 7.89. The molecule has 2 N–H and O–H groups in total. The summed E-state index contributed by atoms with van der Waals surface area (Å²) >= 11 is 0. The van der Waals surface area contributed by atoms with Crippen LogP contribution in [0.5, 0.6) is 0 Å². The second-order valence-electron chi connectivity index (χ2n) is 3.82. The maximum absolute atomic E-state index is 11.6. The van der Waals surface area contributed by atoms with E-state index in [1.807, 2.05) is 13.8 Å². The van der Waals surface area contributed by atoms with Gasteiger partial charge in [0.1, 0.15) is 0 Å². The molecule has 6 heteroatoms. The second-order valence-corrected chi connectivity index (χ2v) is 6.02. The van der Waals surface area contributed by atoms with Gasteiger partial charge in [-0.2, -0.15) is 0 Å². The monoisotopic (exact) mass is 238 g/mol. The smallest absolute Gasteiger partial charge is 0.213 e. The molecule has 0 heterocycles. The molecular formula is C9H22N2O3S. The SMILES string of the molecule is CC(C)NCCCS(=O)(=O)N(C)CCO. The highest BCUT2D eigenvalue weighted by Crippen LogP contribution is 1.99. The first kappa shape index (κ1) is 14.8. The molecule has 0 bridgehead atoms. The van der Waals surface area contributed by atoms with Gasteiger partial charge in [0.05, 0.1) is 12.4 Å². The number of hydrogen-bond donors (Lipinski definition) is 2. The number of aliphatic hydroxyl groups excluding tert-OH is 1. The van der Waals surface area contributed by atoms with Crippen LogP contribution in [0.2, 0.25) is 0 Å². The van der Waals surface area contributed by atoms with E-state index in [4.69, 9.17) is 5.11 Å². The van der Waals surface area contributed by atoms with Gasteiger partial charge >= 0.3 is 0 Å². The number of nitrogens with one attached hydrogen (secondary N) is 1. The Bertz CT molecular complexity index is 252. The van der Waals surface area contributed by atoms with Gasteiger partial charge in [-0.1, -0.05) is 13.8 Å². The van der Waals surface area contributed by atoms with Crippen molar-refractivity contribution in [3.8, 4) is 0 Å². The van der Waals surface area contributed by atoms with Crippen molar-refractivity contribution in [2.75, 3.05) is 32.5 Å². The third kappa shape index (κ3) is 6.83. The number of aliphatic hydroxyl groups is 1. The van der Waals surface area contributed by atoms with Crippen molar-refractivity contribution in [2.45, 2.75) is 26.3 Å². The average Bonchev–Trinajstić information content (AvgIpc) is 2.12. The van der Waals surface area contributed by atoms with Gasteiger partial charge in [0.25, 0.3) is 0 Å². The van der Waals surface area contributed by atoms with Crippen LogP contribution in [0.3, 0.4) is 0 Å². The molecule has 5 nitrogen and oxygen atoms in total. The fraction of sp³-hybridized carbons (Fsp3) is 1.00. The van der Waals surface area contributed by atoms with Gasteiger partial charge in [-0.05, 0) is 13.0 Å². The Morgan fingerprint density at radius 3 is 2.47 bits per heavy atom. The first-order valence-electron chi connectivity index (χ1n) is 5.18. The molecule has 0 unspecified atom stereocenters. The molecule has 0 aliphatic heterocycles. The van der Waals surface area contributed by atoms with Gasteiger partial charge in [-0.3, -0.25) is 0 Å². The number of sulfonamides is 1. The topological polar surface area (TPSA) is 69.6 Å². The van der Waals surface area contributed by atoms with Crippen LogP contribution in [0.1, 0.15) is 20.3 Å². The van der Waals surface area contributed by atoms with Gasteiger partial charge in [0.15, 0.2) is 0 Å². The molecule has 0 aromatic rings. The fourth-order valence-corrected chi connectivity index (χ4v) is 2.26. The molecule has 0 aliphatic rings. The summed E-state index contributed by atoms with van der Waals surface area (Å²) in [6.45, 7) is 4.77. The van der Waals surface area contributed by atoms with E-state index in [-0.39, 0.29) is 18.9 Å². The molecule has 0 rings (SSSR count). The van der Waals surface area contributed by atoms with E-state index in [1.54, 1.807) is 0 Å². The van der Waals surface area contributed by atoms with E-state index < -0.39 is 10.0 Å². The lowest BCUT2D eigenvalue weighted by molar-refractivity contribution is 0.266. The van der Waals surface area contributed by atoms with Crippen molar-refractivity contribution in [3.05, 3.63) is 0 Å². The lowest BCUT2D eigenvalue weighted by Crippen LogP contribution is -2.33. The Morgan fingerprint density at radius 1 is 1.40 bits per heavy atom. The summed E-state index contributed by atoms with van der Waals surface area (Å²) in [5, 5.41) is 11.8. The minimum atomic E-state index is -3.19. The standard InChI is InChI=1S/C9H22N2O3S/c1-9(2)10-5-4-8-15(13,14)11(3)6-7-12/h9-10,12H,4-8H2,1-3H3. The summed E-state index contributed by atoms with van der Waals surface area (Å²) in [7, 11) is -1.70. The molecule has 0 atom stereocenters. The van der Waals surface area contributed by atoms with Crippen molar-refractivity contribution in [1.82, 2.24) is 9.62 Å². The quantitative estimate of drug-likeness (QED) is 0.566. The van der Waals surface area contributed by atoms with Gasteiger partial charge < -0.3 is 10.4 Å². The maximum Gasteiger partial charge on any atom is 0.213 e. The summed E-state index contributed by atoms with van der Waals surface area (Å²) in [4.78, 5) is 0. The molecule has 0 aromatic carbocycles. The van der Waals surface area contributed by atoms with Crippen LogP contribution >= 0.6 is 0 Å². The normalized spacial score (nSPS) is 12.7. The van der Waals surface area contributed by atoms with Crippen LogP contribution in [0, 0.1) is 0 Å². The Labute approximate surface area is 92.5 Å². The van der Waals surface area contributed by atoms with Gasteiger partial charge in [0.2, 0.25) is 10.0 Å². The third-order valence-corrected chi connectivity index (χ3v) is 3.96. The van der Waals surface area contributed by atoms with Crippen molar-refractivity contribution in [1.29, 1.82) is 0 Å². The van der Waals surface area contributed by atoms with Crippen LogP contribution < -0.4 is 5.32 Å². The molecular weight excluding hydrogens is 216 g/mol. The second kappa shape index (κ2) is 7.16. The van der Waals surface area contributed by atoms with Crippen molar-refractivity contribution in [2.24, 2.45) is 0 Å². The zero-order chi connectivity index (χ0) is 11.9. The van der Waals surface area contributed by atoms with Crippen LogP contribution in [0.15, 0.2) is 0 Å². The molecule has 0 fully saturated rings. The maximum atomic E-state index is 11.6. The Morgan fingerprint density at radius 2 is 2.00 bits per heavy atom. The predicted molar refractivity (Wildman–Crippen MR) is 61.3 cm³/mol. The molecule has 0 amide bonds. The summed E-state index contributed by atoms with van der Waals surface area (Å²) in [5.41, 5.74) is 0. The highest BCUT2D eigenvalue weighted by Gasteiger charge is 2.16. The van der Waals surface area contributed by atoms with Crippen LogP contribution in [-0.2, 0) is 10.0 Å².